The Bertz CT molecular complexity index is 793. The van der Waals surface area contributed by atoms with E-state index in [2.05, 4.69) is 5.32 Å². The van der Waals surface area contributed by atoms with Crippen LogP contribution in [0.4, 0.5) is 4.39 Å². The molecule has 0 saturated carbocycles. The molecule has 0 heterocycles. The topological polar surface area (TPSA) is 49.4 Å². The average Bonchev–Trinajstić information content (AvgIpc) is 2.61. The van der Waals surface area contributed by atoms with Gasteiger partial charge in [0.15, 0.2) is 0 Å². The third kappa shape index (κ3) is 6.07. The Hall–Kier alpha value is -2.40. The quantitative estimate of drug-likeness (QED) is 0.777. The van der Waals surface area contributed by atoms with Crippen molar-refractivity contribution in [2.45, 2.75) is 45.8 Å². The Morgan fingerprint density at radius 1 is 1.07 bits per heavy atom. The summed E-state index contributed by atoms with van der Waals surface area (Å²) in [5, 5.41) is 3.39. The second-order valence-electron chi connectivity index (χ2n) is 6.76. The predicted octanol–water partition coefficient (Wildman–Crippen LogP) is 3.96. The van der Waals surface area contributed by atoms with Crippen molar-refractivity contribution >= 4 is 23.4 Å². The molecule has 4 nitrogen and oxygen atoms in total. The van der Waals surface area contributed by atoms with Crippen LogP contribution in [0, 0.1) is 5.82 Å². The highest BCUT2D eigenvalue weighted by atomic mass is 35.5. The largest absolute Gasteiger partial charge is 0.352 e. The van der Waals surface area contributed by atoms with Crippen LogP contribution in [-0.2, 0) is 22.6 Å². The molecule has 0 fully saturated rings. The molecule has 0 unspecified atom stereocenters. The summed E-state index contributed by atoms with van der Waals surface area (Å²) in [4.78, 5) is 26.8. The molecule has 1 atom stereocenters. The first kappa shape index (κ1) is 20.9. The van der Waals surface area contributed by atoms with Crippen molar-refractivity contribution in [3.8, 4) is 0 Å². The molecule has 0 aliphatic rings. The van der Waals surface area contributed by atoms with Crippen molar-refractivity contribution in [2.75, 3.05) is 0 Å². The maximum absolute atomic E-state index is 14.1. The normalized spacial score (nSPS) is 11.9. The smallest absolute Gasteiger partial charge is 0.242 e. The number of amides is 2. The summed E-state index contributed by atoms with van der Waals surface area (Å²) in [7, 11) is 0. The maximum Gasteiger partial charge on any atom is 0.242 e. The van der Waals surface area contributed by atoms with E-state index in [4.69, 9.17) is 11.6 Å². The molecule has 2 aromatic carbocycles. The Morgan fingerprint density at radius 2 is 1.70 bits per heavy atom. The molecule has 1 N–H and O–H groups in total. The van der Waals surface area contributed by atoms with Crippen LogP contribution in [0.1, 0.15) is 31.9 Å². The van der Waals surface area contributed by atoms with Crippen LogP contribution in [0.15, 0.2) is 48.5 Å². The van der Waals surface area contributed by atoms with Crippen LogP contribution >= 0.6 is 11.6 Å². The van der Waals surface area contributed by atoms with E-state index in [0.717, 1.165) is 5.56 Å². The molecule has 144 valence electrons. The number of nitrogens with one attached hydrogen (secondary N) is 1. The van der Waals surface area contributed by atoms with Gasteiger partial charge in [0, 0.05) is 23.2 Å². The predicted molar refractivity (Wildman–Crippen MR) is 105 cm³/mol. The molecule has 0 saturated heterocycles. The van der Waals surface area contributed by atoms with Crippen LogP contribution in [0.25, 0.3) is 0 Å². The minimum atomic E-state index is -0.730. The van der Waals surface area contributed by atoms with Gasteiger partial charge in [-0.25, -0.2) is 4.39 Å². The van der Waals surface area contributed by atoms with E-state index in [0.29, 0.717) is 10.6 Å². The van der Waals surface area contributed by atoms with Crippen molar-refractivity contribution in [3.63, 3.8) is 0 Å². The van der Waals surface area contributed by atoms with Crippen LogP contribution in [-0.4, -0.2) is 28.8 Å². The van der Waals surface area contributed by atoms with Gasteiger partial charge in [0.2, 0.25) is 11.8 Å². The second-order valence-corrected chi connectivity index (χ2v) is 7.19. The average molecular weight is 391 g/mol. The number of carbonyl (C=O) groups is 2. The molecule has 2 amide bonds. The second kappa shape index (κ2) is 9.51. The molecule has 0 aliphatic heterocycles. The summed E-state index contributed by atoms with van der Waals surface area (Å²) in [5.74, 6) is -0.934. The summed E-state index contributed by atoms with van der Waals surface area (Å²) >= 11 is 5.89. The number of nitrogens with zero attached hydrogens (tertiary/aromatic N) is 1. The Kier molecular flexibility index (Phi) is 7.36. The third-order valence-electron chi connectivity index (χ3n) is 4.17. The molecule has 2 rings (SSSR count). The first-order valence-corrected chi connectivity index (χ1v) is 9.23. The highest BCUT2D eigenvalue weighted by molar-refractivity contribution is 6.30. The van der Waals surface area contributed by atoms with Crippen LogP contribution in [0.2, 0.25) is 5.02 Å². The number of rotatable bonds is 7. The van der Waals surface area contributed by atoms with Gasteiger partial charge >= 0.3 is 0 Å². The zero-order chi connectivity index (χ0) is 20.0. The van der Waals surface area contributed by atoms with Crippen LogP contribution in [0.3, 0.4) is 0 Å². The van der Waals surface area contributed by atoms with Crippen molar-refractivity contribution in [3.05, 3.63) is 70.5 Å². The Morgan fingerprint density at radius 3 is 2.30 bits per heavy atom. The monoisotopic (exact) mass is 390 g/mol. The molecule has 0 spiro atoms. The first-order valence-electron chi connectivity index (χ1n) is 8.85. The SMILES string of the molecule is CC(C)NC(=O)[C@@H](C)N(Cc1ccccc1F)C(=O)Cc1ccc(Cl)cc1. The van der Waals surface area contributed by atoms with Crippen LogP contribution in [0.5, 0.6) is 0 Å². The number of halogens is 2. The van der Waals surface area contributed by atoms with E-state index in [1.807, 2.05) is 13.8 Å². The first-order chi connectivity index (χ1) is 12.8. The van der Waals surface area contributed by atoms with Crippen LogP contribution < -0.4 is 5.32 Å². The van der Waals surface area contributed by atoms with Crippen molar-refractivity contribution in [1.82, 2.24) is 10.2 Å². The summed E-state index contributed by atoms with van der Waals surface area (Å²) < 4.78 is 14.1. The van der Waals surface area contributed by atoms with Gasteiger partial charge in [-0.3, -0.25) is 9.59 Å². The van der Waals surface area contributed by atoms with Gasteiger partial charge in [0.1, 0.15) is 11.9 Å². The lowest BCUT2D eigenvalue weighted by Gasteiger charge is -2.29. The minimum Gasteiger partial charge on any atom is -0.352 e. The Labute approximate surface area is 164 Å². The zero-order valence-electron chi connectivity index (χ0n) is 15.7. The fraction of sp³-hybridized carbons (Fsp3) is 0.333. The highest BCUT2D eigenvalue weighted by Gasteiger charge is 2.27. The van der Waals surface area contributed by atoms with Gasteiger partial charge < -0.3 is 10.2 Å². The van der Waals surface area contributed by atoms with Gasteiger partial charge in [-0.2, -0.15) is 0 Å². The van der Waals surface area contributed by atoms with Crippen molar-refractivity contribution < 1.29 is 14.0 Å². The summed E-state index contributed by atoms with van der Waals surface area (Å²) in [6, 6.07) is 12.4. The minimum absolute atomic E-state index is 0.0196. The van der Waals surface area contributed by atoms with Gasteiger partial charge in [-0.15, -0.1) is 0 Å². The van der Waals surface area contributed by atoms with E-state index in [1.54, 1.807) is 49.4 Å². The standard InChI is InChI=1S/C21H24ClFN2O2/c1-14(2)24-21(27)15(3)25(13-17-6-4-5-7-19(17)23)20(26)12-16-8-10-18(22)11-9-16/h4-11,14-15H,12-13H2,1-3H3,(H,24,27)/t15-/m1/s1. The van der Waals surface area contributed by atoms with E-state index < -0.39 is 11.9 Å². The van der Waals surface area contributed by atoms with Gasteiger partial charge in [-0.05, 0) is 44.5 Å². The molecular weight excluding hydrogens is 367 g/mol. The Balaban J connectivity index is 2.24. The van der Waals surface area contributed by atoms with E-state index >= 15 is 0 Å². The number of benzene rings is 2. The number of hydrogen-bond donors (Lipinski definition) is 1. The van der Waals surface area contributed by atoms with Crippen molar-refractivity contribution in [1.29, 1.82) is 0 Å². The third-order valence-corrected chi connectivity index (χ3v) is 4.42. The summed E-state index contributed by atoms with van der Waals surface area (Å²) in [6.45, 7) is 5.37. The van der Waals surface area contributed by atoms with Gasteiger partial charge in [0.05, 0.1) is 6.42 Å². The van der Waals surface area contributed by atoms with Gasteiger partial charge in [0.25, 0.3) is 0 Å². The van der Waals surface area contributed by atoms with E-state index in [1.165, 1.54) is 11.0 Å². The highest BCUT2D eigenvalue weighted by Crippen LogP contribution is 2.16. The maximum atomic E-state index is 14.1. The zero-order valence-corrected chi connectivity index (χ0v) is 16.5. The molecular formula is C21H24ClFN2O2. The molecule has 0 bridgehead atoms. The molecule has 0 radical (unpaired) electrons. The lowest BCUT2D eigenvalue weighted by atomic mass is 10.1. The van der Waals surface area contributed by atoms with Gasteiger partial charge in [-0.1, -0.05) is 41.9 Å². The van der Waals surface area contributed by atoms with E-state index in [-0.39, 0.29) is 30.8 Å². The molecule has 2 aromatic rings. The lowest BCUT2D eigenvalue weighted by Crippen LogP contribution is -2.49. The summed E-state index contributed by atoms with van der Waals surface area (Å²) in [6.07, 6.45) is 0.102. The number of hydrogen-bond acceptors (Lipinski definition) is 2. The summed E-state index contributed by atoms with van der Waals surface area (Å²) in [5.41, 5.74) is 1.14. The molecule has 0 aromatic heterocycles. The lowest BCUT2D eigenvalue weighted by molar-refractivity contribution is -0.140. The molecule has 27 heavy (non-hydrogen) atoms. The van der Waals surface area contributed by atoms with E-state index in [9.17, 15) is 14.0 Å². The van der Waals surface area contributed by atoms with Crippen molar-refractivity contribution in [2.24, 2.45) is 0 Å². The molecule has 6 heteroatoms. The fourth-order valence-corrected chi connectivity index (χ4v) is 2.80. The number of carbonyl (C=O) groups excluding carboxylic acids is 2. The molecule has 0 aliphatic carbocycles. The fourth-order valence-electron chi connectivity index (χ4n) is 2.68.